The van der Waals surface area contributed by atoms with E-state index in [0.717, 1.165) is 103 Å². The third-order valence-corrected chi connectivity index (χ3v) is 17.0. The van der Waals surface area contributed by atoms with E-state index in [1.807, 2.05) is 21.1 Å². The third kappa shape index (κ3) is 73.5. The molecule has 0 amide bonds. The summed E-state index contributed by atoms with van der Waals surface area (Å²) in [6, 6.07) is 0. The van der Waals surface area contributed by atoms with Gasteiger partial charge in [-0.1, -0.05) is 322 Å². The quantitative estimate of drug-likeness (QED) is 0.0211. The highest BCUT2D eigenvalue weighted by Gasteiger charge is 2.27. The number of hydrogen-bond donors (Lipinski definition) is 1. The SMILES string of the molecule is CC/C=C\C/C=C\C/C=C\C/C=C\C/C=C\C/C=C\C/C=C\C/C=C\C/C=C\CCCCCCCCCCCC(=O)OC(COC(=O)CCCCCCCCCCCCCCCCCCC/C=C\CCCCCCCCCC)COP(=O)(O)OCC[N+](C)(C)C. The normalized spacial score (nSPS) is 13.8. The molecule has 90 heavy (non-hydrogen) atoms. The minimum Gasteiger partial charge on any atom is -0.462 e. The number of hydrogen-bond acceptors (Lipinski definition) is 7. The standard InChI is InChI=1S/C80H140NO8P/c1-6-8-10-12-14-16-18-20-22-24-26-28-30-32-34-36-37-38-39-40-41-42-43-45-47-49-51-53-55-57-59-61-63-65-67-69-71-73-80(83)89-78(77-88-90(84,85)87-75-74-81(3,4)5)76-86-79(82)72-70-68-66-64-62-60-58-56-54-52-50-48-46-44-35-33-31-29-27-25-23-21-19-17-15-13-11-9-7-2/h8,10,14,16,20,22,25-28,32,34,37-38,40-41,43,45,49,51,78H,6-7,9,11-13,15,17-19,21,23-24,29-31,33,35-36,39,42,44,46-48,50,52-77H2,1-5H3/p+1/b10-8-,16-14-,22-20-,27-25-,28-26-,34-32-,38-37-,41-40-,45-43-,51-49-. The first-order valence-electron chi connectivity index (χ1n) is 37.3. The number of carbonyl (C=O) groups is 2. The number of likely N-dealkylation sites (N-methyl/N-ethyl adjacent to an activating group) is 1. The fourth-order valence-electron chi connectivity index (χ4n) is 10.3. The van der Waals surface area contributed by atoms with Crippen molar-refractivity contribution in [2.24, 2.45) is 0 Å². The fourth-order valence-corrected chi connectivity index (χ4v) is 11.0. The lowest BCUT2D eigenvalue weighted by Gasteiger charge is -2.24. The molecule has 518 valence electrons. The van der Waals surface area contributed by atoms with Gasteiger partial charge in [0.2, 0.25) is 0 Å². The van der Waals surface area contributed by atoms with Crippen molar-refractivity contribution in [1.82, 2.24) is 0 Å². The molecule has 0 radical (unpaired) electrons. The Morgan fingerprint density at radius 3 is 0.956 bits per heavy atom. The number of ether oxygens (including phenoxy) is 2. The Hall–Kier alpha value is -3.59. The summed E-state index contributed by atoms with van der Waals surface area (Å²) in [5, 5.41) is 0. The number of allylic oxidation sites excluding steroid dienone is 20. The first-order chi connectivity index (χ1) is 44.0. The van der Waals surface area contributed by atoms with Gasteiger partial charge in [-0.3, -0.25) is 18.6 Å². The summed E-state index contributed by atoms with van der Waals surface area (Å²) in [5.74, 6) is -0.799. The van der Waals surface area contributed by atoms with E-state index in [9.17, 15) is 19.0 Å². The first-order valence-corrected chi connectivity index (χ1v) is 38.8. The van der Waals surface area contributed by atoms with Crippen LogP contribution in [0, 0.1) is 0 Å². The maximum absolute atomic E-state index is 12.9. The molecule has 10 heteroatoms. The molecule has 0 bridgehead atoms. The molecule has 2 unspecified atom stereocenters. The molecule has 0 aliphatic heterocycles. The van der Waals surface area contributed by atoms with Gasteiger partial charge in [0.25, 0.3) is 0 Å². The van der Waals surface area contributed by atoms with Crippen LogP contribution < -0.4 is 0 Å². The zero-order valence-corrected chi connectivity index (χ0v) is 60.0. The molecule has 0 aromatic rings. The maximum atomic E-state index is 12.9. The fraction of sp³-hybridized carbons (Fsp3) is 0.725. The van der Waals surface area contributed by atoms with Gasteiger partial charge in [0, 0.05) is 12.8 Å². The van der Waals surface area contributed by atoms with Crippen molar-refractivity contribution >= 4 is 19.8 Å². The number of phosphoric acid groups is 1. The van der Waals surface area contributed by atoms with E-state index in [4.69, 9.17) is 18.5 Å². The van der Waals surface area contributed by atoms with Crippen LogP contribution in [0.2, 0.25) is 0 Å². The largest absolute Gasteiger partial charge is 0.472 e. The van der Waals surface area contributed by atoms with Crippen LogP contribution in [-0.4, -0.2) is 74.9 Å². The second kappa shape index (κ2) is 69.7. The van der Waals surface area contributed by atoms with Gasteiger partial charge in [-0.15, -0.1) is 0 Å². The van der Waals surface area contributed by atoms with E-state index < -0.39 is 26.5 Å². The number of carbonyl (C=O) groups excluding carboxylic acids is 2. The number of unbranched alkanes of at least 4 members (excludes halogenated alkanes) is 34. The average molecular weight is 1280 g/mol. The average Bonchev–Trinajstić information content (AvgIpc) is 3.58. The van der Waals surface area contributed by atoms with Crippen molar-refractivity contribution in [3.05, 3.63) is 122 Å². The Balaban J connectivity index is 4.07. The van der Waals surface area contributed by atoms with Gasteiger partial charge in [0.1, 0.15) is 19.8 Å². The zero-order chi connectivity index (χ0) is 65.5. The molecule has 0 aromatic heterocycles. The Morgan fingerprint density at radius 2 is 0.633 bits per heavy atom. The molecule has 9 nitrogen and oxygen atoms in total. The highest BCUT2D eigenvalue weighted by Crippen LogP contribution is 2.43. The second-order valence-electron chi connectivity index (χ2n) is 25.9. The third-order valence-electron chi connectivity index (χ3n) is 16.0. The zero-order valence-electron chi connectivity index (χ0n) is 59.1. The van der Waals surface area contributed by atoms with Crippen LogP contribution in [0.1, 0.15) is 322 Å². The highest BCUT2D eigenvalue weighted by atomic mass is 31.2. The van der Waals surface area contributed by atoms with Gasteiger partial charge >= 0.3 is 19.8 Å². The number of esters is 2. The van der Waals surface area contributed by atoms with E-state index in [1.165, 1.54) is 186 Å². The lowest BCUT2D eigenvalue weighted by atomic mass is 10.0. The molecule has 0 aromatic carbocycles. The smallest absolute Gasteiger partial charge is 0.462 e. The van der Waals surface area contributed by atoms with Gasteiger partial charge in [-0.25, -0.2) is 4.57 Å². The second-order valence-corrected chi connectivity index (χ2v) is 27.4. The Bertz CT molecular complexity index is 1940. The van der Waals surface area contributed by atoms with Crippen molar-refractivity contribution in [3.8, 4) is 0 Å². The van der Waals surface area contributed by atoms with E-state index in [1.54, 1.807) is 0 Å². The Morgan fingerprint density at radius 1 is 0.356 bits per heavy atom. The lowest BCUT2D eigenvalue weighted by Crippen LogP contribution is -2.37. The number of nitrogens with zero attached hydrogens (tertiary/aromatic N) is 1. The molecular formula is C80H141NO8P+. The van der Waals surface area contributed by atoms with Crippen LogP contribution in [0.3, 0.4) is 0 Å². The molecule has 1 N–H and O–H groups in total. The minimum atomic E-state index is -4.40. The molecule has 0 saturated carbocycles. The van der Waals surface area contributed by atoms with Gasteiger partial charge in [-0.05, 0) is 109 Å². The molecule has 0 fully saturated rings. The van der Waals surface area contributed by atoms with Crippen molar-refractivity contribution < 1.29 is 42.1 Å². The summed E-state index contributed by atoms with van der Waals surface area (Å²) in [6.45, 7) is 4.34. The van der Waals surface area contributed by atoms with Crippen molar-refractivity contribution in [2.75, 3.05) is 47.5 Å². The number of rotatable bonds is 68. The van der Waals surface area contributed by atoms with Crippen molar-refractivity contribution in [1.29, 1.82) is 0 Å². The van der Waals surface area contributed by atoms with E-state index in [0.29, 0.717) is 17.4 Å². The van der Waals surface area contributed by atoms with E-state index in [-0.39, 0.29) is 32.0 Å². The Kier molecular flexibility index (Phi) is 67.0. The molecule has 0 rings (SSSR count). The van der Waals surface area contributed by atoms with Gasteiger partial charge < -0.3 is 18.9 Å². The van der Waals surface area contributed by atoms with E-state index in [2.05, 4.69) is 135 Å². The summed E-state index contributed by atoms with van der Waals surface area (Å²) in [6.07, 6.45) is 100. The Labute approximate surface area is 556 Å². The number of phosphoric ester groups is 1. The number of quaternary nitrogens is 1. The van der Waals surface area contributed by atoms with Gasteiger partial charge in [-0.2, -0.15) is 0 Å². The maximum Gasteiger partial charge on any atom is 0.472 e. The molecule has 0 aliphatic carbocycles. The monoisotopic (exact) mass is 1280 g/mol. The lowest BCUT2D eigenvalue weighted by molar-refractivity contribution is -0.870. The molecule has 0 spiro atoms. The van der Waals surface area contributed by atoms with Gasteiger partial charge in [0.15, 0.2) is 6.10 Å². The first kappa shape index (κ1) is 86.4. The molecule has 2 atom stereocenters. The van der Waals surface area contributed by atoms with Crippen LogP contribution in [0.25, 0.3) is 0 Å². The predicted molar refractivity (Wildman–Crippen MR) is 390 cm³/mol. The molecule has 0 heterocycles. The predicted octanol–water partition coefficient (Wildman–Crippen LogP) is 24.6. The summed E-state index contributed by atoms with van der Waals surface area (Å²) in [5.41, 5.74) is 0. The van der Waals surface area contributed by atoms with E-state index >= 15 is 0 Å². The highest BCUT2D eigenvalue weighted by molar-refractivity contribution is 7.47. The summed E-state index contributed by atoms with van der Waals surface area (Å²) < 4.78 is 34.8. The van der Waals surface area contributed by atoms with Crippen molar-refractivity contribution in [3.63, 3.8) is 0 Å². The van der Waals surface area contributed by atoms with Crippen LogP contribution in [-0.2, 0) is 32.7 Å². The summed E-state index contributed by atoms with van der Waals surface area (Å²) in [4.78, 5) is 35.9. The summed E-state index contributed by atoms with van der Waals surface area (Å²) >= 11 is 0. The minimum absolute atomic E-state index is 0.0264. The van der Waals surface area contributed by atoms with Crippen LogP contribution in [0.4, 0.5) is 0 Å². The van der Waals surface area contributed by atoms with Crippen LogP contribution >= 0.6 is 7.82 Å². The molecular weight excluding hydrogens is 1130 g/mol. The molecule has 0 saturated heterocycles. The van der Waals surface area contributed by atoms with Crippen molar-refractivity contribution in [2.45, 2.75) is 328 Å². The topological polar surface area (TPSA) is 108 Å². The summed E-state index contributed by atoms with van der Waals surface area (Å²) in [7, 11) is 1.47. The van der Waals surface area contributed by atoms with Crippen LogP contribution in [0.5, 0.6) is 0 Å². The van der Waals surface area contributed by atoms with Gasteiger partial charge in [0.05, 0.1) is 27.7 Å². The van der Waals surface area contributed by atoms with Crippen LogP contribution in [0.15, 0.2) is 122 Å². The molecule has 0 aliphatic rings.